The van der Waals surface area contributed by atoms with Crippen molar-refractivity contribution in [1.82, 2.24) is 15.5 Å². The molecule has 0 bridgehead atoms. The molecule has 5 heteroatoms. The average molecular weight is 275 g/mol. The third-order valence-electron chi connectivity index (χ3n) is 3.10. The summed E-state index contributed by atoms with van der Waals surface area (Å²) in [5.74, 6) is 1.40. The normalized spacial score (nSPS) is 12.3. The Bertz CT molecular complexity index is 526. The molecule has 2 rings (SSSR count). The first kappa shape index (κ1) is 14.5. The van der Waals surface area contributed by atoms with Gasteiger partial charge >= 0.3 is 0 Å². The van der Waals surface area contributed by atoms with E-state index in [2.05, 4.69) is 42.3 Å². The smallest absolute Gasteiger partial charge is 0.213 e. The zero-order chi connectivity index (χ0) is 14.4. The fourth-order valence-electron chi connectivity index (χ4n) is 2.01. The molecule has 0 spiro atoms. The van der Waals surface area contributed by atoms with Crippen LogP contribution in [-0.2, 0) is 6.61 Å². The first-order valence-electron chi connectivity index (χ1n) is 6.92. The largest absolute Gasteiger partial charge is 0.485 e. The molecule has 1 aromatic heterocycles. The monoisotopic (exact) mass is 275 g/mol. The number of nitrogens with zero attached hydrogens (tertiary/aromatic N) is 2. The lowest BCUT2D eigenvalue weighted by atomic mass is 10.0. The van der Waals surface area contributed by atoms with E-state index in [9.17, 15) is 0 Å². The van der Waals surface area contributed by atoms with Crippen LogP contribution in [0.4, 0.5) is 0 Å². The fraction of sp³-hybridized carbons (Fsp3) is 0.467. The highest BCUT2D eigenvalue weighted by atomic mass is 16.5. The highest BCUT2D eigenvalue weighted by Crippen LogP contribution is 2.27. The molecule has 1 heterocycles. The van der Waals surface area contributed by atoms with Crippen molar-refractivity contribution in [2.75, 3.05) is 6.54 Å². The van der Waals surface area contributed by atoms with Gasteiger partial charge in [0.2, 0.25) is 12.2 Å². The van der Waals surface area contributed by atoms with Gasteiger partial charge in [0, 0.05) is 11.6 Å². The van der Waals surface area contributed by atoms with Crippen molar-refractivity contribution in [3.63, 3.8) is 0 Å². The molecule has 0 saturated carbocycles. The SMILES string of the molecule is CCCNC(C)c1cc(C)ccc1OCc1ncon1. The van der Waals surface area contributed by atoms with Crippen LogP contribution in [0.25, 0.3) is 0 Å². The Balaban J connectivity index is 2.10. The number of aryl methyl sites for hydroxylation is 1. The molecule has 1 unspecified atom stereocenters. The number of hydrogen-bond acceptors (Lipinski definition) is 5. The minimum Gasteiger partial charge on any atom is -0.485 e. The van der Waals surface area contributed by atoms with Crippen LogP contribution in [0, 0.1) is 6.92 Å². The van der Waals surface area contributed by atoms with Gasteiger partial charge in [-0.15, -0.1) is 0 Å². The molecule has 2 aromatic rings. The molecule has 0 aliphatic heterocycles. The van der Waals surface area contributed by atoms with E-state index >= 15 is 0 Å². The van der Waals surface area contributed by atoms with Crippen molar-refractivity contribution in [1.29, 1.82) is 0 Å². The van der Waals surface area contributed by atoms with Crippen LogP contribution in [0.15, 0.2) is 29.1 Å². The highest BCUT2D eigenvalue weighted by Gasteiger charge is 2.12. The van der Waals surface area contributed by atoms with Crippen LogP contribution in [0.2, 0.25) is 0 Å². The van der Waals surface area contributed by atoms with Gasteiger partial charge in [0.1, 0.15) is 5.75 Å². The summed E-state index contributed by atoms with van der Waals surface area (Å²) in [5, 5.41) is 7.23. The molecule has 108 valence electrons. The third kappa shape index (κ3) is 3.81. The number of rotatable bonds is 7. The molecule has 0 fully saturated rings. The first-order valence-corrected chi connectivity index (χ1v) is 6.92. The van der Waals surface area contributed by atoms with E-state index in [1.54, 1.807) is 0 Å². The minimum atomic E-state index is 0.245. The van der Waals surface area contributed by atoms with Crippen LogP contribution in [0.1, 0.15) is 43.3 Å². The van der Waals surface area contributed by atoms with Crippen LogP contribution in [0.3, 0.4) is 0 Å². The van der Waals surface area contributed by atoms with E-state index in [4.69, 9.17) is 9.26 Å². The van der Waals surface area contributed by atoms with Crippen LogP contribution in [-0.4, -0.2) is 16.7 Å². The molecule has 0 saturated heterocycles. The number of benzene rings is 1. The van der Waals surface area contributed by atoms with Gasteiger partial charge in [-0.1, -0.05) is 29.8 Å². The topological polar surface area (TPSA) is 60.2 Å². The summed E-state index contributed by atoms with van der Waals surface area (Å²) in [6, 6.07) is 6.44. The van der Waals surface area contributed by atoms with E-state index in [1.165, 1.54) is 12.0 Å². The Labute approximate surface area is 119 Å². The van der Waals surface area contributed by atoms with Crippen molar-refractivity contribution >= 4 is 0 Å². The average Bonchev–Trinajstić information content (AvgIpc) is 2.96. The zero-order valence-electron chi connectivity index (χ0n) is 12.2. The predicted octanol–water partition coefficient (Wildman–Crippen LogP) is 3.02. The fourth-order valence-corrected chi connectivity index (χ4v) is 2.01. The molecule has 1 atom stereocenters. The van der Waals surface area contributed by atoms with Crippen molar-refractivity contribution in [2.45, 2.75) is 39.8 Å². The second kappa shape index (κ2) is 7.05. The molecule has 20 heavy (non-hydrogen) atoms. The van der Waals surface area contributed by atoms with Crippen LogP contribution >= 0.6 is 0 Å². The van der Waals surface area contributed by atoms with E-state index in [-0.39, 0.29) is 6.04 Å². The van der Waals surface area contributed by atoms with Crippen molar-refractivity contribution in [2.24, 2.45) is 0 Å². The van der Waals surface area contributed by atoms with Gasteiger partial charge in [0.05, 0.1) is 0 Å². The Morgan fingerprint density at radius 2 is 2.25 bits per heavy atom. The summed E-state index contributed by atoms with van der Waals surface area (Å²) in [6.07, 6.45) is 2.41. The van der Waals surface area contributed by atoms with Gasteiger partial charge in [-0.2, -0.15) is 4.98 Å². The summed E-state index contributed by atoms with van der Waals surface area (Å²) in [6.45, 7) is 7.68. The maximum Gasteiger partial charge on any atom is 0.213 e. The summed E-state index contributed by atoms with van der Waals surface area (Å²) >= 11 is 0. The lowest BCUT2D eigenvalue weighted by Gasteiger charge is -2.18. The van der Waals surface area contributed by atoms with Crippen molar-refractivity contribution in [3.8, 4) is 5.75 Å². The second-order valence-electron chi connectivity index (χ2n) is 4.85. The van der Waals surface area contributed by atoms with Gasteiger partial charge in [-0.25, -0.2) is 0 Å². The lowest BCUT2D eigenvalue weighted by molar-refractivity contribution is 0.281. The summed E-state index contributed by atoms with van der Waals surface area (Å²) in [7, 11) is 0. The predicted molar refractivity (Wildman–Crippen MR) is 76.5 cm³/mol. The second-order valence-corrected chi connectivity index (χ2v) is 4.85. The summed E-state index contributed by atoms with van der Waals surface area (Å²) in [5.41, 5.74) is 2.37. The highest BCUT2D eigenvalue weighted by molar-refractivity contribution is 5.39. The Morgan fingerprint density at radius 1 is 1.40 bits per heavy atom. The third-order valence-corrected chi connectivity index (χ3v) is 3.10. The molecule has 1 N–H and O–H groups in total. The number of hydrogen-bond donors (Lipinski definition) is 1. The van der Waals surface area contributed by atoms with E-state index in [1.807, 2.05) is 12.1 Å². The van der Waals surface area contributed by atoms with Crippen LogP contribution < -0.4 is 10.1 Å². The maximum atomic E-state index is 5.81. The first-order chi connectivity index (χ1) is 9.70. The molecule has 5 nitrogen and oxygen atoms in total. The molecular formula is C15H21N3O2. The lowest BCUT2D eigenvalue weighted by Crippen LogP contribution is -2.20. The van der Waals surface area contributed by atoms with Crippen LogP contribution in [0.5, 0.6) is 5.75 Å². The molecule has 0 aliphatic rings. The van der Waals surface area contributed by atoms with E-state index < -0.39 is 0 Å². The molecule has 0 radical (unpaired) electrons. The quantitative estimate of drug-likeness (QED) is 0.841. The standard InChI is InChI=1S/C15H21N3O2/c1-4-7-16-12(3)13-8-11(2)5-6-14(13)19-9-15-17-10-20-18-15/h5-6,8,10,12,16H,4,7,9H2,1-3H3. The molecule has 1 aromatic carbocycles. The Kier molecular flexibility index (Phi) is 5.12. The number of nitrogens with one attached hydrogen (secondary N) is 1. The number of aromatic nitrogens is 2. The zero-order valence-corrected chi connectivity index (χ0v) is 12.2. The summed E-state index contributed by atoms with van der Waals surface area (Å²) < 4.78 is 10.5. The molecule has 0 amide bonds. The van der Waals surface area contributed by atoms with Gasteiger partial charge in [0.25, 0.3) is 0 Å². The number of ether oxygens (including phenoxy) is 1. The molecular weight excluding hydrogens is 254 g/mol. The van der Waals surface area contributed by atoms with E-state index in [0.717, 1.165) is 24.3 Å². The van der Waals surface area contributed by atoms with Gasteiger partial charge in [0.15, 0.2) is 6.61 Å². The van der Waals surface area contributed by atoms with Crippen molar-refractivity contribution in [3.05, 3.63) is 41.5 Å². The van der Waals surface area contributed by atoms with Gasteiger partial charge in [-0.05, 0) is 32.9 Å². The minimum absolute atomic E-state index is 0.245. The maximum absolute atomic E-state index is 5.81. The molecule has 0 aliphatic carbocycles. The summed E-state index contributed by atoms with van der Waals surface area (Å²) in [4.78, 5) is 3.95. The van der Waals surface area contributed by atoms with Crippen molar-refractivity contribution < 1.29 is 9.26 Å². The van der Waals surface area contributed by atoms with Gasteiger partial charge < -0.3 is 14.6 Å². The van der Waals surface area contributed by atoms with Gasteiger partial charge in [-0.3, -0.25) is 0 Å². The Hall–Kier alpha value is -1.88. The Morgan fingerprint density at radius 3 is 2.95 bits per heavy atom. The van der Waals surface area contributed by atoms with E-state index in [0.29, 0.717) is 12.4 Å².